The van der Waals surface area contributed by atoms with Crippen molar-refractivity contribution in [2.24, 2.45) is 0 Å². The van der Waals surface area contributed by atoms with E-state index < -0.39 is 0 Å². The molecule has 0 N–H and O–H groups in total. The molecular formula is C23H22ClN3O5. The van der Waals surface area contributed by atoms with Gasteiger partial charge in [0.2, 0.25) is 0 Å². The van der Waals surface area contributed by atoms with Crippen molar-refractivity contribution >= 4 is 23.4 Å². The van der Waals surface area contributed by atoms with Crippen LogP contribution in [0.25, 0.3) is 11.3 Å². The molecule has 2 aromatic carbocycles. The minimum Gasteiger partial charge on any atom is -0.497 e. The van der Waals surface area contributed by atoms with Crippen LogP contribution in [0.2, 0.25) is 5.02 Å². The Morgan fingerprint density at radius 1 is 0.938 bits per heavy atom. The molecular weight excluding hydrogens is 434 g/mol. The molecule has 0 atom stereocenters. The van der Waals surface area contributed by atoms with Crippen LogP contribution >= 0.6 is 11.6 Å². The highest BCUT2D eigenvalue weighted by atomic mass is 35.5. The van der Waals surface area contributed by atoms with Crippen molar-refractivity contribution in [2.45, 2.75) is 0 Å². The molecule has 4 rings (SSSR count). The summed E-state index contributed by atoms with van der Waals surface area (Å²) in [6.45, 7) is 1.59. The summed E-state index contributed by atoms with van der Waals surface area (Å²) < 4.78 is 15.9. The summed E-state index contributed by atoms with van der Waals surface area (Å²) in [6.07, 6.45) is 0. The molecule has 32 heavy (non-hydrogen) atoms. The van der Waals surface area contributed by atoms with E-state index in [9.17, 15) is 9.59 Å². The Hall–Kier alpha value is -3.52. The fourth-order valence-electron chi connectivity index (χ4n) is 3.57. The van der Waals surface area contributed by atoms with Gasteiger partial charge in [-0.25, -0.2) is 0 Å². The SMILES string of the molecule is COc1ccc(C(=O)N2CCN(C(=O)c3cc(-c4cccc(Cl)c4)on3)CC2)c(OC)c1. The predicted octanol–water partition coefficient (Wildman–Crippen LogP) is 3.61. The largest absolute Gasteiger partial charge is 0.497 e. The highest BCUT2D eigenvalue weighted by molar-refractivity contribution is 6.30. The highest BCUT2D eigenvalue weighted by Gasteiger charge is 2.28. The molecule has 0 spiro atoms. The minimum atomic E-state index is -0.240. The number of halogens is 1. The zero-order valence-electron chi connectivity index (χ0n) is 17.7. The molecule has 0 unspecified atom stereocenters. The van der Waals surface area contributed by atoms with Crippen molar-refractivity contribution in [3.05, 3.63) is 64.8 Å². The predicted molar refractivity (Wildman–Crippen MR) is 118 cm³/mol. The average molecular weight is 456 g/mol. The molecule has 9 heteroatoms. The van der Waals surface area contributed by atoms with Gasteiger partial charge in [-0.2, -0.15) is 0 Å². The van der Waals surface area contributed by atoms with E-state index in [1.165, 1.54) is 7.11 Å². The summed E-state index contributed by atoms with van der Waals surface area (Å²) in [5, 5.41) is 4.49. The number of nitrogens with zero attached hydrogens (tertiary/aromatic N) is 3. The third kappa shape index (κ3) is 4.40. The van der Waals surface area contributed by atoms with E-state index in [4.69, 9.17) is 25.6 Å². The van der Waals surface area contributed by atoms with E-state index in [0.29, 0.717) is 54.0 Å². The zero-order chi connectivity index (χ0) is 22.7. The second kappa shape index (κ2) is 9.32. The Labute approximate surface area is 190 Å². The first-order chi connectivity index (χ1) is 15.5. The van der Waals surface area contributed by atoms with Crippen LogP contribution in [0.5, 0.6) is 11.5 Å². The number of piperazine rings is 1. The molecule has 0 radical (unpaired) electrons. The molecule has 0 aliphatic carbocycles. The molecule has 2 heterocycles. The van der Waals surface area contributed by atoms with Crippen LogP contribution < -0.4 is 9.47 Å². The number of aromatic nitrogens is 1. The van der Waals surface area contributed by atoms with Crippen molar-refractivity contribution in [2.75, 3.05) is 40.4 Å². The van der Waals surface area contributed by atoms with E-state index in [0.717, 1.165) is 5.56 Å². The molecule has 8 nitrogen and oxygen atoms in total. The highest BCUT2D eigenvalue weighted by Crippen LogP contribution is 2.27. The van der Waals surface area contributed by atoms with Crippen molar-refractivity contribution < 1.29 is 23.6 Å². The van der Waals surface area contributed by atoms with Gasteiger partial charge in [-0.3, -0.25) is 9.59 Å². The molecule has 2 amide bonds. The van der Waals surface area contributed by atoms with Gasteiger partial charge in [0.15, 0.2) is 11.5 Å². The van der Waals surface area contributed by atoms with Crippen LogP contribution in [0.4, 0.5) is 0 Å². The Kier molecular flexibility index (Phi) is 6.32. The van der Waals surface area contributed by atoms with Gasteiger partial charge >= 0.3 is 0 Å². The third-order valence-electron chi connectivity index (χ3n) is 5.33. The van der Waals surface area contributed by atoms with Crippen molar-refractivity contribution in [3.63, 3.8) is 0 Å². The number of rotatable bonds is 5. The molecule has 0 saturated carbocycles. The number of hydrogen-bond donors (Lipinski definition) is 0. The summed E-state index contributed by atoms with van der Waals surface area (Å²) in [5.41, 5.74) is 1.42. The maximum atomic E-state index is 13.0. The van der Waals surface area contributed by atoms with Crippen molar-refractivity contribution in [1.82, 2.24) is 15.0 Å². The smallest absolute Gasteiger partial charge is 0.276 e. The molecule has 1 aliphatic rings. The van der Waals surface area contributed by atoms with Crippen LogP contribution in [-0.4, -0.2) is 67.2 Å². The quantitative estimate of drug-likeness (QED) is 0.584. The van der Waals surface area contributed by atoms with Gasteiger partial charge in [0, 0.05) is 48.9 Å². The van der Waals surface area contributed by atoms with Crippen LogP contribution in [0, 0.1) is 0 Å². The molecule has 1 aromatic heterocycles. The van der Waals surface area contributed by atoms with E-state index in [-0.39, 0.29) is 17.5 Å². The summed E-state index contributed by atoms with van der Waals surface area (Å²) in [7, 11) is 3.07. The number of amides is 2. The fraction of sp³-hybridized carbons (Fsp3) is 0.261. The topological polar surface area (TPSA) is 85.1 Å². The Balaban J connectivity index is 1.41. The first-order valence-corrected chi connectivity index (χ1v) is 10.4. The van der Waals surface area contributed by atoms with Crippen LogP contribution in [-0.2, 0) is 0 Å². The number of benzene rings is 2. The third-order valence-corrected chi connectivity index (χ3v) is 5.57. The lowest BCUT2D eigenvalue weighted by Gasteiger charge is -2.34. The number of carbonyl (C=O) groups excluding carboxylic acids is 2. The molecule has 1 saturated heterocycles. The Morgan fingerprint density at radius 3 is 2.31 bits per heavy atom. The monoisotopic (exact) mass is 455 g/mol. The maximum Gasteiger partial charge on any atom is 0.276 e. The normalized spacial score (nSPS) is 13.7. The van der Waals surface area contributed by atoms with Crippen molar-refractivity contribution in [3.8, 4) is 22.8 Å². The lowest BCUT2D eigenvalue weighted by Crippen LogP contribution is -2.50. The maximum absolute atomic E-state index is 13.0. The van der Waals surface area contributed by atoms with Gasteiger partial charge < -0.3 is 23.8 Å². The van der Waals surface area contributed by atoms with E-state index in [2.05, 4.69) is 5.16 Å². The van der Waals surface area contributed by atoms with Gasteiger partial charge in [-0.15, -0.1) is 0 Å². The number of hydrogen-bond acceptors (Lipinski definition) is 6. The summed E-state index contributed by atoms with van der Waals surface area (Å²) in [5.74, 6) is 1.14. The van der Waals surface area contributed by atoms with Crippen LogP contribution in [0.15, 0.2) is 53.1 Å². The lowest BCUT2D eigenvalue weighted by molar-refractivity contribution is 0.0528. The standard InChI is InChI=1S/C23H22ClN3O5/c1-30-17-6-7-18(21(13-17)31-2)22(28)26-8-10-27(11-9-26)23(29)19-14-20(32-25-19)15-4-3-5-16(24)12-15/h3-7,12-14H,8-11H2,1-2H3. The van der Waals surface area contributed by atoms with E-state index >= 15 is 0 Å². The van der Waals surface area contributed by atoms with Crippen molar-refractivity contribution in [1.29, 1.82) is 0 Å². The number of carbonyl (C=O) groups is 2. The molecule has 0 bridgehead atoms. The van der Waals surface area contributed by atoms with Gasteiger partial charge in [0.1, 0.15) is 11.5 Å². The summed E-state index contributed by atoms with van der Waals surface area (Å²) in [6, 6.07) is 13.8. The summed E-state index contributed by atoms with van der Waals surface area (Å²) >= 11 is 6.02. The molecule has 1 aliphatic heterocycles. The van der Waals surface area contributed by atoms with Gasteiger partial charge in [0.05, 0.1) is 19.8 Å². The molecule has 166 valence electrons. The van der Waals surface area contributed by atoms with Crippen LogP contribution in [0.3, 0.4) is 0 Å². The average Bonchev–Trinajstić information content (AvgIpc) is 3.33. The molecule has 1 fully saturated rings. The number of methoxy groups -OCH3 is 2. The number of ether oxygens (including phenoxy) is 2. The van der Waals surface area contributed by atoms with E-state index in [1.807, 2.05) is 6.07 Å². The Morgan fingerprint density at radius 2 is 1.66 bits per heavy atom. The second-order valence-corrected chi connectivity index (χ2v) is 7.67. The van der Waals surface area contributed by atoms with E-state index in [1.54, 1.807) is 59.4 Å². The van der Waals surface area contributed by atoms with Gasteiger partial charge in [0.25, 0.3) is 11.8 Å². The first kappa shape index (κ1) is 21.7. The minimum absolute atomic E-state index is 0.152. The van der Waals surface area contributed by atoms with Crippen LogP contribution in [0.1, 0.15) is 20.8 Å². The first-order valence-electron chi connectivity index (χ1n) is 10.0. The lowest BCUT2D eigenvalue weighted by atomic mass is 10.1. The summed E-state index contributed by atoms with van der Waals surface area (Å²) in [4.78, 5) is 29.2. The van der Waals surface area contributed by atoms with Gasteiger partial charge in [-0.1, -0.05) is 28.9 Å². The zero-order valence-corrected chi connectivity index (χ0v) is 18.5. The molecule has 3 aromatic rings. The Bertz CT molecular complexity index is 1140. The van der Waals surface area contributed by atoms with Gasteiger partial charge in [-0.05, 0) is 24.3 Å². The fourth-order valence-corrected chi connectivity index (χ4v) is 3.76. The second-order valence-electron chi connectivity index (χ2n) is 7.24.